The standard InChI is InChI=1S/C20H31N3O2/c1-3-9-19(24)22-18-11-8-10-17(14-18)15-21-20(25)16(2)23-12-6-4-5-7-13-23/h8,10-11,14,16H,3-7,9,12-13,15H2,1-2H3,(H,21,25)(H,22,24). The topological polar surface area (TPSA) is 61.4 Å². The third-order valence-electron chi connectivity index (χ3n) is 4.72. The van der Waals surface area contributed by atoms with E-state index in [0.29, 0.717) is 13.0 Å². The second-order valence-corrected chi connectivity index (χ2v) is 6.84. The molecular weight excluding hydrogens is 314 g/mol. The largest absolute Gasteiger partial charge is 0.351 e. The van der Waals surface area contributed by atoms with Crippen molar-refractivity contribution in [2.75, 3.05) is 18.4 Å². The molecule has 1 heterocycles. The van der Waals surface area contributed by atoms with Gasteiger partial charge in [-0.3, -0.25) is 14.5 Å². The van der Waals surface area contributed by atoms with E-state index >= 15 is 0 Å². The zero-order chi connectivity index (χ0) is 18.1. The molecule has 5 nitrogen and oxygen atoms in total. The van der Waals surface area contributed by atoms with Crippen LogP contribution >= 0.6 is 0 Å². The zero-order valence-corrected chi connectivity index (χ0v) is 15.5. The summed E-state index contributed by atoms with van der Waals surface area (Å²) in [4.78, 5) is 26.4. The Morgan fingerprint density at radius 3 is 2.56 bits per heavy atom. The van der Waals surface area contributed by atoms with Crippen molar-refractivity contribution < 1.29 is 9.59 Å². The number of nitrogens with zero attached hydrogens (tertiary/aromatic N) is 1. The maximum Gasteiger partial charge on any atom is 0.237 e. The summed E-state index contributed by atoms with van der Waals surface area (Å²) < 4.78 is 0. The van der Waals surface area contributed by atoms with Gasteiger partial charge in [0.1, 0.15) is 0 Å². The fourth-order valence-corrected chi connectivity index (χ4v) is 3.19. The lowest BCUT2D eigenvalue weighted by atomic mass is 10.1. The predicted octanol–water partition coefficient (Wildman–Crippen LogP) is 3.31. The van der Waals surface area contributed by atoms with Crippen LogP contribution in [0.5, 0.6) is 0 Å². The molecule has 1 unspecified atom stereocenters. The second-order valence-electron chi connectivity index (χ2n) is 6.84. The number of hydrogen-bond donors (Lipinski definition) is 2. The Hall–Kier alpha value is -1.88. The number of benzene rings is 1. The van der Waals surface area contributed by atoms with E-state index in [0.717, 1.165) is 30.8 Å². The summed E-state index contributed by atoms with van der Waals surface area (Å²) in [6.45, 7) is 6.47. The Morgan fingerprint density at radius 2 is 1.88 bits per heavy atom. The maximum absolute atomic E-state index is 12.5. The van der Waals surface area contributed by atoms with Crippen LogP contribution in [0.15, 0.2) is 24.3 Å². The van der Waals surface area contributed by atoms with Crippen LogP contribution in [0, 0.1) is 0 Å². The summed E-state index contributed by atoms with van der Waals surface area (Å²) in [5, 5.41) is 5.92. The first-order chi connectivity index (χ1) is 12.1. The fourth-order valence-electron chi connectivity index (χ4n) is 3.19. The lowest BCUT2D eigenvalue weighted by Gasteiger charge is -2.26. The number of likely N-dealkylation sites (tertiary alicyclic amines) is 1. The van der Waals surface area contributed by atoms with Crippen LogP contribution in [-0.4, -0.2) is 35.8 Å². The van der Waals surface area contributed by atoms with E-state index in [9.17, 15) is 9.59 Å². The molecule has 1 aromatic rings. The molecule has 2 rings (SSSR count). The number of hydrogen-bond acceptors (Lipinski definition) is 3. The van der Waals surface area contributed by atoms with Crippen molar-refractivity contribution in [2.45, 2.75) is 65.0 Å². The molecule has 5 heteroatoms. The van der Waals surface area contributed by atoms with E-state index in [-0.39, 0.29) is 17.9 Å². The third-order valence-corrected chi connectivity index (χ3v) is 4.72. The van der Waals surface area contributed by atoms with Crippen LogP contribution in [-0.2, 0) is 16.1 Å². The first-order valence-corrected chi connectivity index (χ1v) is 9.50. The molecular formula is C20H31N3O2. The molecule has 1 saturated heterocycles. The van der Waals surface area contributed by atoms with E-state index in [1.165, 1.54) is 25.7 Å². The van der Waals surface area contributed by atoms with Crippen LogP contribution in [0.1, 0.15) is 57.9 Å². The number of rotatable bonds is 7. The normalized spacial score (nSPS) is 16.7. The molecule has 0 bridgehead atoms. The maximum atomic E-state index is 12.5. The van der Waals surface area contributed by atoms with Gasteiger partial charge in [-0.2, -0.15) is 0 Å². The molecule has 2 N–H and O–H groups in total. The van der Waals surface area contributed by atoms with Gasteiger partial charge < -0.3 is 10.6 Å². The molecule has 1 aromatic carbocycles. The first-order valence-electron chi connectivity index (χ1n) is 9.50. The molecule has 25 heavy (non-hydrogen) atoms. The van der Waals surface area contributed by atoms with Gasteiger partial charge in [-0.05, 0) is 57.0 Å². The van der Waals surface area contributed by atoms with Crippen LogP contribution in [0.4, 0.5) is 5.69 Å². The van der Waals surface area contributed by atoms with Gasteiger partial charge in [-0.1, -0.05) is 31.9 Å². The Morgan fingerprint density at radius 1 is 1.16 bits per heavy atom. The minimum Gasteiger partial charge on any atom is -0.351 e. The van der Waals surface area contributed by atoms with Gasteiger partial charge >= 0.3 is 0 Å². The smallest absolute Gasteiger partial charge is 0.237 e. The molecule has 1 aliphatic heterocycles. The highest BCUT2D eigenvalue weighted by molar-refractivity contribution is 5.90. The molecule has 0 aromatic heterocycles. The van der Waals surface area contributed by atoms with E-state index in [1.54, 1.807) is 0 Å². The SMILES string of the molecule is CCCC(=O)Nc1cccc(CNC(=O)C(C)N2CCCCCC2)c1. The summed E-state index contributed by atoms with van der Waals surface area (Å²) in [7, 11) is 0. The van der Waals surface area contributed by atoms with Gasteiger partial charge in [-0.15, -0.1) is 0 Å². The van der Waals surface area contributed by atoms with Crippen molar-refractivity contribution in [2.24, 2.45) is 0 Å². The summed E-state index contributed by atoms with van der Waals surface area (Å²) in [6.07, 6.45) is 6.24. The highest BCUT2D eigenvalue weighted by Crippen LogP contribution is 2.14. The first kappa shape index (κ1) is 19.4. The van der Waals surface area contributed by atoms with Crippen molar-refractivity contribution in [3.63, 3.8) is 0 Å². The average molecular weight is 345 g/mol. The molecule has 1 atom stereocenters. The molecule has 138 valence electrons. The summed E-state index contributed by atoms with van der Waals surface area (Å²) in [6, 6.07) is 7.57. The van der Waals surface area contributed by atoms with Gasteiger partial charge in [0.25, 0.3) is 0 Å². The van der Waals surface area contributed by atoms with E-state index < -0.39 is 0 Å². The van der Waals surface area contributed by atoms with E-state index in [2.05, 4.69) is 15.5 Å². The van der Waals surface area contributed by atoms with E-state index in [1.807, 2.05) is 38.1 Å². The number of nitrogens with one attached hydrogen (secondary N) is 2. The highest BCUT2D eigenvalue weighted by Gasteiger charge is 2.21. The van der Waals surface area contributed by atoms with Crippen molar-refractivity contribution in [1.29, 1.82) is 0 Å². The van der Waals surface area contributed by atoms with Gasteiger partial charge in [-0.25, -0.2) is 0 Å². The van der Waals surface area contributed by atoms with Gasteiger partial charge in [0, 0.05) is 18.7 Å². The molecule has 0 saturated carbocycles. The Labute approximate surface area is 151 Å². The minimum atomic E-state index is -0.0921. The lowest BCUT2D eigenvalue weighted by Crippen LogP contribution is -2.45. The molecule has 0 spiro atoms. The average Bonchev–Trinajstić information content (AvgIpc) is 2.89. The van der Waals surface area contributed by atoms with Crippen molar-refractivity contribution in [1.82, 2.24) is 10.2 Å². The van der Waals surface area contributed by atoms with Crippen molar-refractivity contribution in [3.8, 4) is 0 Å². The minimum absolute atomic E-state index is 0.0264. The molecule has 2 amide bonds. The van der Waals surface area contributed by atoms with Crippen LogP contribution in [0.2, 0.25) is 0 Å². The monoisotopic (exact) mass is 345 g/mol. The summed E-state index contributed by atoms with van der Waals surface area (Å²) in [5.41, 5.74) is 1.77. The predicted molar refractivity (Wildman–Crippen MR) is 101 cm³/mol. The van der Waals surface area contributed by atoms with Gasteiger partial charge in [0.05, 0.1) is 6.04 Å². The van der Waals surface area contributed by atoms with Crippen molar-refractivity contribution in [3.05, 3.63) is 29.8 Å². The molecule has 1 aliphatic rings. The quantitative estimate of drug-likeness (QED) is 0.797. The molecule has 1 fully saturated rings. The number of carbonyl (C=O) groups excluding carboxylic acids is 2. The fraction of sp³-hybridized carbons (Fsp3) is 0.600. The third kappa shape index (κ3) is 6.50. The molecule has 0 aliphatic carbocycles. The second kappa shape index (κ2) is 10.2. The number of amides is 2. The number of carbonyl (C=O) groups is 2. The Kier molecular flexibility index (Phi) is 7.92. The van der Waals surface area contributed by atoms with Crippen LogP contribution < -0.4 is 10.6 Å². The van der Waals surface area contributed by atoms with Gasteiger partial charge in [0.2, 0.25) is 11.8 Å². The van der Waals surface area contributed by atoms with Gasteiger partial charge in [0.15, 0.2) is 0 Å². The van der Waals surface area contributed by atoms with Crippen LogP contribution in [0.25, 0.3) is 0 Å². The summed E-state index contributed by atoms with van der Waals surface area (Å²) >= 11 is 0. The van der Waals surface area contributed by atoms with Crippen molar-refractivity contribution >= 4 is 17.5 Å². The number of anilines is 1. The molecule has 0 radical (unpaired) electrons. The zero-order valence-electron chi connectivity index (χ0n) is 15.5. The summed E-state index contributed by atoms with van der Waals surface area (Å²) in [5.74, 6) is 0.0980. The Bertz CT molecular complexity index is 566. The lowest BCUT2D eigenvalue weighted by molar-refractivity contribution is -0.126. The van der Waals surface area contributed by atoms with Crippen LogP contribution in [0.3, 0.4) is 0 Å². The Balaban J connectivity index is 1.85. The highest BCUT2D eigenvalue weighted by atomic mass is 16.2. The van der Waals surface area contributed by atoms with E-state index in [4.69, 9.17) is 0 Å².